The summed E-state index contributed by atoms with van der Waals surface area (Å²) in [6.07, 6.45) is 0. The Morgan fingerprint density at radius 1 is 1.31 bits per heavy atom. The normalized spacial score (nSPS) is 10.7. The first-order valence-corrected chi connectivity index (χ1v) is 4.20. The molecular weight excluding hydrogens is 162 g/mol. The van der Waals surface area contributed by atoms with Gasteiger partial charge in [0.1, 0.15) is 0 Å². The molecule has 0 N–H and O–H groups in total. The molecule has 0 aliphatic rings. The molecular formula is C10H13N3. The molecule has 0 radical (unpaired) electrons. The molecule has 0 amide bonds. The highest BCUT2D eigenvalue weighted by atomic mass is 15.2. The van der Waals surface area contributed by atoms with Crippen LogP contribution in [0.1, 0.15) is 25.0 Å². The summed E-state index contributed by atoms with van der Waals surface area (Å²) in [6, 6.07) is 7.94. The van der Waals surface area contributed by atoms with Crippen LogP contribution in [0.25, 0.3) is 10.4 Å². The summed E-state index contributed by atoms with van der Waals surface area (Å²) in [7, 11) is 0. The lowest BCUT2D eigenvalue weighted by Crippen LogP contribution is -2.14. The van der Waals surface area contributed by atoms with E-state index >= 15 is 0 Å². The summed E-state index contributed by atoms with van der Waals surface area (Å²) >= 11 is 0. The highest BCUT2D eigenvalue weighted by Gasteiger charge is 2.19. The van der Waals surface area contributed by atoms with Crippen molar-refractivity contribution in [2.75, 3.05) is 0 Å². The van der Waals surface area contributed by atoms with Crippen LogP contribution in [-0.4, -0.2) is 0 Å². The lowest BCUT2D eigenvalue weighted by Gasteiger charge is -2.20. The van der Waals surface area contributed by atoms with Gasteiger partial charge in [-0.1, -0.05) is 43.2 Å². The summed E-state index contributed by atoms with van der Waals surface area (Å²) in [6.45, 7) is 5.84. The van der Waals surface area contributed by atoms with E-state index < -0.39 is 5.54 Å². The zero-order valence-corrected chi connectivity index (χ0v) is 8.15. The van der Waals surface area contributed by atoms with Gasteiger partial charge < -0.3 is 0 Å². The van der Waals surface area contributed by atoms with E-state index in [-0.39, 0.29) is 0 Å². The van der Waals surface area contributed by atoms with Crippen LogP contribution in [0, 0.1) is 6.92 Å². The van der Waals surface area contributed by atoms with Crippen LogP contribution < -0.4 is 0 Å². The van der Waals surface area contributed by atoms with E-state index in [1.807, 2.05) is 45.0 Å². The first kappa shape index (κ1) is 9.62. The molecule has 1 aromatic carbocycles. The molecule has 1 rings (SSSR count). The van der Waals surface area contributed by atoms with Gasteiger partial charge in [-0.25, -0.2) is 0 Å². The topological polar surface area (TPSA) is 48.8 Å². The Balaban J connectivity index is 3.21. The highest BCUT2D eigenvalue weighted by molar-refractivity contribution is 5.31. The molecule has 0 bridgehead atoms. The Kier molecular flexibility index (Phi) is 2.59. The molecule has 0 saturated carbocycles. The van der Waals surface area contributed by atoms with E-state index in [1.165, 1.54) is 0 Å². The second-order valence-electron chi connectivity index (χ2n) is 3.56. The average Bonchev–Trinajstić information content (AvgIpc) is 2.04. The van der Waals surface area contributed by atoms with Gasteiger partial charge >= 0.3 is 0 Å². The van der Waals surface area contributed by atoms with Crippen LogP contribution in [0.5, 0.6) is 0 Å². The van der Waals surface area contributed by atoms with Crippen molar-refractivity contribution >= 4 is 0 Å². The lowest BCUT2D eigenvalue weighted by molar-refractivity contribution is 0.547. The fourth-order valence-corrected chi connectivity index (χ4v) is 1.43. The van der Waals surface area contributed by atoms with Crippen LogP contribution in [-0.2, 0) is 5.54 Å². The molecule has 0 unspecified atom stereocenters. The fourth-order valence-electron chi connectivity index (χ4n) is 1.43. The van der Waals surface area contributed by atoms with Crippen molar-refractivity contribution in [1.82, 2.24) is 0 Å². The first-order chi connectivity index (χ1) is 6.08. The van der Waals surface area contributed by atoms with Crippen molar-refractivity contribution in [1.29, 1.82) is 0 Å². The Hall–Kier alpha value is -1.47. The number of azide groups is 1. The molecule has 3 nitrogen and oxygen atoms in total. The summed E-state index contributed by atoms with van der Waals surface area (Å²) in [5, 5.41) is 3.77. The third-order valence-corrected chi connectivity index (χ3v) is 2.10. The Labute approximate surface area is 78.0 Å². The number of benzene rings is 1. The van der Waals surface area contributed by atoms with Crippen LogP contribution in [0.2, 0.25) is 0 Å². The van der Waals surface area contributed by atoms with Gasteiger partial charge in [0.05, 0.1) is 5.54 Å². The molecule has 13 heavy (non-hydrogen) atoms. The molecule has 0 aliphatic carbocycles. The summed E-state index contributed by atoms with van der Waals surface area (Å²) in [5.41, 5.74) is 10.2. The SMILES string of the molecule is Cc1ccccc1C(C)(C)N=[N+]=[N-]. The average molecular weight is 175 g/mol. The standard InChI is InChI=1S/C10H13N3/c1-8-6-4-5-7-9(8)10(2,3)12-13-11/h4-7H,1-3H3. The molecule has 0 saturated heterocycles. The van der Waals surface area contributed by atoms with Gasteiger partial charge in [0.25, 0.3) is 0 Å². The summed E-state index contributed by atoms with van der Waals surface area (Å²) in [5.74, 6) is 0. The highest BCUT2D eigenvalue weighted by Crippen LogP contribution is 2.27. The maximum absolute atomic E-state index is 8.41. The molecule has 68 valence electrons. The zero-order valence-electron chi connectivity index (χ0n) is 8.15. The number of nitrogens with zero attached hydrogens (tertiary/aromatic N) is 3. The van der Waals surface area contributed by atoms with E-state index in [0.717, 1.165) is 11.1 Å². The lowest BCUT2D eigenvalue weighted by atomic mass is 9.92. The Bertz CT molecular complexity index is 349. The molecule has 0 aliphatic heterocycles. The third kappa shape index (κ3) is 2.01. The van der Waals surface area contributed by atoms with Crippen molar-refractivity contribution in [2.45, 2.75) is 26.3 Å². The Morgan fingerprint density at radius 3 is 2.46 bits per heavy atom. The van der Waals surface area contributed by atoms with E-state index in [1.54, 1.807) is 0 Å². The number of hydrogen-bond donors (Lipinski definition) is 0. The molecule has 1 aromatic rings. The monoisotopic (exact) mass is 175 g/mol. The maximum Gasteiger partial charge on any atom is 0.0684 e. The predicted octanol–water partition coefficient (Wildman–Crippen LogP) is 3.54. The van der Waals surface area contributed by atoms with E-state index in [9.17, 15) is 0 Å². The maximum atomic E-state index is 8.41. The quantitative estimate of drug-likeness (QED) is 0.375. The van der Waals surface area contributed by atoms with Crippen LogP contribution in [0.4, 0.5) is 0 Å². The van der Waals surface area contributed by atoms with E-state index in [4.69, 9.17) is 5.53 Å². The summed E-state index contributed by atoms with van der Waals surface area (Å²) in [4.78, 5) is 2.85. The van der Waals surface area contributed by atoms with Gasteiger partial charge in [-0.2, -0.15) is 0 Å². The molecule has 0 fully saturated rings. The van der Waals surface area contributed by atoms with Gasteiger partial charge in [-0.15, -0.1) is 0 Å². The minimum Gasteiger partial charge on any atom is -0.0831 e. The van der Waals surface area contributed by atoms with Gasteiger partial charge in [-0.3, -0.25) is 0 Å². The second kappa shape index (κ2) is 3.50. The van der Waals surface area contributed by atoms with Crippen LogP contribution >= 0.6 is 0 Å². The Morgan fingerprint density at radius 2 is 1.92 bits per heavy atom. The van der Waals surface area contributed by atoms with Crippen LogP contribution in [0.3, 0.4) is 0 Å². The van der Waals surface area contributed by atoms with Crippen molar-refractivity contribution < 1.29 is 0 Å². The van der Waals surface area contributed by atoms with Gasteiger partial charge in [0.15, 0.2) is 0 Å². The van der Waals surface area contributed by atoms with E-state index in [0.29, 0.717) is 0 Å². The number of rotatable bonds is 2. The molecule has 3 heteroatoms. The largest absolute Gasteiger partial charge is 0.0831 e. The second-order valence-corrected chi connectivity index (χ2v) is 3.56. The smallest absolute Gasteiger partial charge is 0.0684 e. The van der Waals surface area contributed by atoms with Crippen molar-refractivity contribution in [3.8, 4) is 0 Å². The molecule has 0 heterocycles. The van der Waals surface area contributed by atoms with Gasteiger partial charge in [0.2, 0.25) is 0 Å². The molecule has 0 aromatic heterocycles. The summed E-state index contributed by atoms with van der Waals surface area (Å²) < 4.78 is 0. The van der Waals surface area contributed by atoms with Crippen molar-refractivity contribution in [3.63, 3.8) is 0 Å². The number of hydrogen-bond acceptors (Lipinski definition) is 1. The third-order valence-electron chi connectivity index (χ3n) is 2.10. The van der Waals surface area contributed by atoms with Crippen molar-refractivity contribution in [2.24, 2.45) is 5.11 Å². The number of aryl methyl sites for hydroxylation is 1. The minimum absolute atomic E-state index is 0.458. The van der Waals surface area contributed by atoms with E-state index in [2.05, 4.69) is 10.0 Å². The van der Waals surface area contributed by atoms with Crippen molar-refractivity contribution in [3.05, 3.63) is 45.8 Å². The molecule has 0 spiro atoms. The first-order valence-electron chi connectivity index (χ1n) is 4.20. The zero-order chi connectivity index (χ0) is 9.90. The fraction of sp³-hybridized carbons (Fsp3) is 0.400. The minimum atomic E-state index is -0.458. The molecule has 0 atom stereocenters. The van der Waals surface area contributed by atoms with Gasteiger partial charge in [0, 0.05) is 4.91 Å². The van der Waals surface area contributed by atoms with Crippen LogP contribution in [0.15, 0.2) is 29.4 Å². The van der Waals surface area contributed by atoms with Gasteiger partial charge in [-0.05, 0) is 23.6 Å². The predicted molar refractivity (Wildman–Crippen MR) is 53.4 cm³/mol.